The number of rotatable bonds is 9. The Labute approximate surface area is 184 Å². The van der Waals surface area contributed by atoms with Gasteiger partial charge >= 0.3 is 0 Å². The van der Waals surface area contributed by atoms with Crippen LogP contribution in [0.15, 0.2) is 18.4 Å². The predicted molar refractivity (Wildman–Crippen MR) is 123 cm³/mol. The van der Waals surface area contributed by atoms with Crippen LogP contribution in [0.3, 0.4) is 0 Å². The van der Waals surface area contributed by atoms with Crippen LogP contribution in [0, 0.1) is 27.7 Å². The number of unbranched alkanes of at least 4 members (excludes halogenated alkanes) is 2. The quantitative estimate of drug-likeness (QED) is 0.486. The summed E-state index contributed by atoms with van der Waals surface area (Å²) in [6, 6.07) is 0. The zero-order valence-electron chi connectivity index (χ0n) is 20.2. The molecule has 2 aromatic heterocycles. The van der Waals surface area contributed by atoms with Crippen molar-refractivity contribution in [3.63, 3.8) is 0 Å². The van der Waals surface area contributed by atoms with E-state index in [1.165, 1.54) is 0 Å². The smallest absolute Gasteiger partial charge is 0.191 e. The van der Waals surface area contributed by atoms with Gasteiger partial charge in [0.1, 0.15) is 23.0 Å². The van der Waals surface area contributed by atoms with E-state index < -0.39 is 11.8 Å². The molecule has 0 aliphatic heterocycles. The third-order valence-corrected chi connectivity index (χ3v) is 6.37. The molecule has 5 nitrogen and oxygen atoms in total. The maximum Gasteiger partial charge on any atom is 0.191 e. The second-order valence-corrected chi connectivity index (χ2v) is 8.59. The van der Waals surface area contributed by atoms with Gasteiger partial charge in [-0.1, -0.05) is 26.7 Å². The van der Waals surface area contributed by atoms with Crippen LogP contribution in [0.25, 0.3) is 0 Å². The summed E-state index contributed by atoms with van der Waals surface area (Å²) in [5.74, 6) is 0.715. The molecule has 0 unspecified atom stereocenters. The van der Waals surface area contributed by atoms with E-state index in [0.29, 0.717) is 58.1 Å². The lowest BCUT2D eigenvalue weighted by Crippen LogP contribution is -2.24. The molecular weight excluding hydrogens is 392 g/mol. The first-order chi connectivity index (χ1) is 14.6. The summed E-state index contributed by atoms with van der Waals surface area (Å²) in [6.45, 7) is 14.5. The van der Waals surface area contributed by atoms with Crippen molar-refractivity contribution in [2.45, 2.75) is 99.3 Å². The molecule has 0 saturated heterocycles. The van der Waals surface area contributed by atoms with E-state index in [9.17, 15) is 14.4 Å². The van der Waals surface area contributed by atoms with Crippen molar-refractivity contribution in [2.24, 2.45) is 0 Å². The Morgan fingerprint density at radius 3 is 1.65 bits per heavy atom. The minimum atomic E-state index is -0.622. The van der Waals surface area contributed by atoms with Crippen LogP contribution in [0.1, 0.15) is 104 Å². The fraction of sp³-hybridized carbons (Fsp3) is 0.577. The highest BCUT2D eigenvalue weighted by molar-refractivity contribution is 5.90. The molecule has 0 bridgehead atoms. The Hall–Kier alpha value is -2.43. The summed E-state index contributed by atoms with van der Waals surface area (Å²) in [7, 11) is 0. The van der Waals surface area contributed by atoms with E-state index in [0.717, 1.165) is 19.3 Å². The monoisotopic (exact) mass is 428 g/mol. The van der Waals surface area contributed by atoms with Gasteiger partial charge in [-0.05, 0) is 48.0 Å². The number of aryl methyl sites for hydroxylation is 2. The Morgan fingerprint density at radius 1 is 0.742 bits per heavy atom. The van der Waals surface area contributed by atoms with Crippen LogP contribution in [-0.2, 0) is 17.6 Å². The van der Waals surface area contributed by atoms with Gasteiger partial charge < -0.3 is 8.83 Å². The molecule has 2 rings (SSSR count). The first-order valence-electron chi connectivity index (χ1n) is 11.4. The molecule has 0 amide bonds. The van der Waals surface area contributed by atoms with Crippen LogP contribution in [0.4, 0.5) is 0 Å². The first kappa shape index (κ1) is 24.8. The van der Waals surface area contributed by atoms with Crippen molar-refractivity contribution in [1.29, 1.82) is 0 Å². The molecule has 2 heterocycles. The SMILES string of the molecule is CCCCCc1oc([C@H](C)C(=O)[C@@H](C)c2oc(CC)c(C)c(=O)c2C)c(C)c(=O)c1C. The van der Waals surface area contributed by atoms with Crippen LogP contribution >= 0.6 is 0 Å². The highest BCUT2D eigenvalue weighted by atomic mass is 16.3. The van der Waals surface area contributed by atoms with Gasteiger partial charge in [-0.2, -0.15) is 0 Å². The van der Waals surface area contributed by atoms with Gasteiger partial charge in [-0.25, -0.2) is 0 Å². The summed E-state index contributed by atoms with van der Waals surface area (Å²) in [4.78, 5) is 38.8. The standard InChI is InChI=1S/C26H36O5/c1-9-11-12-13-21-15(4)23(28)17(6)26(31-21)19(8)24(29)18(7)25-16(5)22(27)14(3)20(10-2)30-25/h18-19H,9-13H2,1-8H3/t18-,19-/m1/s1. The summed E-state index contributed by atoms with van der Waals surface area (Å²) in [5, 5.41) is 0. The molecule has 0 aromatic carbocycles. The zero-order valence-corrected chi connectivity index (χ0v) is 20.2. The lowest BCUT2D eigenvalue weighted by atomic mass is 9.88. The van der Waals surface area contributed by atoms with E-state index in [2.05, 4.69) is 6.92 Å². The highest BCUT2D eigenvalue weighted by Crippen LogP contribution is 2.30. The van der Waals surface area contributed by atoms with Gasteiger partial charge in [0.2, 0.25) is 0 Å². The summed E-state index contributed by atoms with van der Waals surface area (Å²) in [6.07, 6.45) is 4.34. The van der Waals surface area contributed by atoms with Gasteiger partial charge in [0, 0.05) is 35.1 Å². The second-order valence-electron chi connectivity index (χ2n) is 8.59. The average molecular weight is 429 g/mol. The normalized spacial score (nSPS) is 13.3. The van der Waals surface area contributed by atoms with Crippen molar-refractivity contribution in [2.75, 3.05) is 0 Å². The Bertz CT molecular complexity index is 1070. The number of hydrogen-bond acceptors (Lipinski definition) is 5. The average Bonchev–Trinajstić information content (AvgIpc) is 2.76. The maximum atomic E-state index is 13.4. The van der Waals surface area contributed by atoms with Crippen molar-refractivity contribution in [3.05, 3.63) is 65.7 Å². The Balaban J connectivity index is 2.47. The fourth-order valence-electron chi connectivity index (χ4n) is 4.18. The second kappa shape index (κ2) is 10.3. The molecule has 5 heteroatoms. The van der Waals surface area contributed by atoms with Crippen molar-refractivity contribution >= 4 is 5.78 Å². The van der Waals surface area contributed by atoms with Gasteiger partial charge in [0.05, 0.1) is 11.8 Å². The third kappa shape index (κ3) is 4.91. The Morgan fingerprint density at radius 2 is 1.19 bits per heavy atom. The van der Waals surface area contributed by atoms with Crippen LogP contribution < -0.4 is 10.9 Å². The fourth-order valence-corrected chi connectivity index (χ4v) is 4.18. The van der Waals surface area contributed by atoms with E-state index in [4.69, 9.17) is 8.83 Å². The third-order valence-electron chi connectivity index (χ3n) is 6.37. The molecule has 0 radical (unpaired) electrons. The van der Waals surface area contributed by atoms with E-state index >= 15 is 0 Å². The van der Waals surface area contributed by atoms with Crippen LogP contribution in [-0.4, -0.2) is 5.78 Å². The molecular formula is C26H36O5. The van der Waals surface area contributed by atoms with Gasteiger partial charge in [-0.3, -0.25) is 14.4 Å². The molecule has 0 spiro atoms. The molecule has 0 aliphatic rings. The number of carbonyl (C=O) groups is 1. The predicted octanol–water partition coefficient (Wildman–Crippen LogP) is 5.60. The number of hydrogen-bond donors (Lipinski definition) is 0. The Kier molecular flexibility index (Phi) is 8.21. The summed E-state index contributed by atoms with van der Waals surface area (Å²) in [5.41, 5.74) is 2.01. The van der Waals surface area contributed by atoms with Gasteiger partial charge in [0.25, 0.3) is 0 Å². The van der Waals surface area contributed by atoms with E-state index in [1.54, 1.807) is 41.5 Å². The number of ketones is 1. The number of Topliss-reactive ketones (excluding diaryl/α,β-unsaturated/α-hetero) is 1. The maximum absolute atomic E-state index is 13.4. The van der Waals surface area contributed by atoms with Crippen LogP contribution in [0.2, 0.25) is 0 Å². The lowest BCUT2D eigenvalue weighted by molar-refractivity contribution is -0.122. The molecule has 170 valence electrons. The molecule has 31 heavy (non-hydrogen) atoms. The molecule has 0 saturated carbocycles. The molecule has 2 aromatic rings. The summed E-state index contributed by atoms with van der Waals surface area (Å²) < 4.78 is 12.1. The van der Waals surface area contributed by atoms with Crippen molar-refractivity contribution in [1.82, 2.24) is 0 Å². The van der Waals surface area contributed by atoms with Crippen LogP contribution in [0.5, 0.6) is 0 Å². The minimum absolute atomic E-state index is 0.0635. The van der Waals surface area contributed by atoms with Crippen molar-refractivity contribution in [3.8, 4) is 0 Å². The largest absolute Gasteiger partial charge is 0.465 e. The lowest BCUT2D eigenvalue weighted by Gasteiger charge is -2.20. The van der Waals surface area contributed by atoms with E-state index in [1.807, 2.05) is 6.92 Å². The molecule has 2 atom stereocenters. The zero-order chi connectivity index (χ0) is 23.5. The van der Waals surface area contributed by atoms with Crippen molar-refractivity contribution < 1.29 is 13.6 Å². The minimum Gasteiger partial charge on any atom is -0.465 e. The van der Waals surface area contributed by atoms with E-state index in [-0.39, 0.29) is 16.6 Å². The highest BCUT2D eigenvalue weighted by Gasteiger charge is 2.31. The summed E-state index contributed by atoms with van der Waals surface area (Å²) >= 11 is 0. The number of carbonyl (C=O) groups excluding carboxylic acids is 1. The molecule has 0 fully saturated rings. The molecule has 0 N–H and O–H groups in total. The topological polar surface area (TPSA) is 77.5 Å². The first-order valence-corrected chi connectivity index (χ1v) is 11.4. The van der Waals surface area contributed by atoms with Gasteiger partial charge in [-0.15, -0.1) is 0 Å². The van der Waals surface area contributed by atoms with Gasteiger partial charge in [0.15, 0.2) is 16.6 Å². The molecule has 0 aliphatic carbocycles.